The van der Waals surface area contributed by atoms with E-state index >= 15 is 0 Å². The lowest BCUT2D eigenvalue weighted by atomic mass is 10.2. The predicted octanol–water partition coefficient (Wildman–Crippen LogP) is 7.51. The van der Waals surface area contributed by atoms with E-state index in [2.05, 4.69) is 25.6 Å². The van der Waals surface area contributed by atoms with Crippen molar-refractivity contribution in [1.82, 2.24) is 24.1 Å². The number of nitrogens with one attached hydrogen (secondary N) is 2. The molecular weight excluding hydrogens is 571 g/mol. The first-order valence-electron chi connectivity index (χ1n) is 12.4. The molecule has 0 atom stereocenters. The topological polar surface area (TPSA) is 81.8 Å². The number of halogens is 7. The quantitative estimate of drug-likeness (QED) is 0.181. The summed E-state index contributed by atoms with van der Waals surface area (Å²) in [6.07, 6.45) is -6.59. The first-order chi connectivity index (χ1) is 19.8. The molecule has 0 saturated carbocycles. The monoisotopic (exact) mass is 593 g/mol. The van der Waals surface area contributed by atoms with Gasteiger partial charge >= 0.3 is 18.4 Å². The molecule has 0 aliphatic carbocycles. The Morgan fingerprint density at radius 2 is 1.64 bits per heavy atom. The Hall–Kier alpha value is -4.82. The summed E-state index contributed by atoms with van der Waals surface area (Å²) in [5.41, 5.74) is 0.601. The van der Waals surface area contributed by atoms with Crippen molar-refractivity contribution in [3.63, 3.8) is 0 Å². The van der Waals surface area contributed by atoms with E-state index in [0.29, 0.717) is 41.6 Å². The molecule has 0 fully saturated rings. The third-order valence-electron chi connectivity index (χ3n) is 6.27. The van der Waals surface area contributed by atoms with Crippen LogP contribution in [0.3, 0.4) is 0 Å². The lowest BCUT2D eigenvalue weighted by Gasteiger charge is -2.11. The molecule has 42 heavy (non-hydrogen) atoms. The Morgan fingerprint density at radius 1 is 0.905 bits per heavy atom. The Morgan fingerprint density at radius 3 is 2.26 bits per heavy atom. The highest BCUT2D eigenvalue weighted by molar-refractivity contribution is 5.83. The number of hydrogen-bond donors (Lipinski definition) is 2. The summed E-state index contributed by atoms with van der Waals surface area (Å²) < 4.78 is 100. The summed E-state index contributed by atoms with van der Waals surface area (Å²) in [7, 11) is 1.32. The number of ether oxygens (including phenoxy) is 1. The third-order valence-corrected chi connectivity index (χ3v) is 6.27. The molecule has 0 aliphatic rings. The molecule has 2 N–H and O–H groups in total. The number of alkyl halides is 6. The van der Waals surface area contributed by atoms with Crippen LogP contribution in [0, 0.1) is 5.82 Å². The van der Waals surface area contributed by atoms with Gasteiger partial charge in [-0.3, -0.25) is 0 Å². The highest BCUT2D eigenvalue weighted by atomic mass is 19.4. The maximum atomic E-state index is 14.8. The SMILES string of the molecule is CCn1c(NCc2ccc(Oc3ncc(C(F)(F)F)cn3)cc2F)nc2ccc(Nc3cc(C(F)(F)F)n(C)c3)cc21. The van der Waals surface area contributed by atoms with Gasteiger partial charge in [0, 0.05) is 56.0 Å². The second-order valence-electron chi connectivity index (χ2n) is 9.19. The Balaban J connectivity index is 1.28. The molecular formula is C27H22F7N7O. The molecule has 220 valence electrons. The summed E-state index contributed by atoms with van der Waals surface area (Å²) in [5.74, 6) is -0.196. The van der Waals surface area contributed by atoms with Crippen LogP contribution < -0.4 is 15.4 Å². The van der Waals surface area contributed by atoms with Crippen molar-refractivity contribution in [2.45, 2.75) is 32.4 Å². The smallest absolute Gasteiger partial charge is 0.424 e. The maximum absolute atomic E-state index is 14.8. The van der Waals surface area contributed by atoms with E-state index in [1.54, 1.807) is 18.2 Å². The highest BCUT2D eigenvalue weighted by Gasteiger charge is 2.34. The largest absolute Gasteiger partial charge is 0.431 e. The molecule has 3 aromatic heterocycles. The summed E-state index contributed by atoms with van der Waals surface area (Å²) in [6.45, 7) is 2.42. The fourth-order valence-corrected chi connectivity index (χ4v) is 4.27. The zero-order valence-corrected chi connectivity index (χ0v) is 22.0. The molecule has 15 heteroatoms. The third kappa shape index (κ3) is 6.09. The van der Waals surface area contributed by atoms with Crippen LogP contribution in [-0.2, 0) is 32.5 Å². The van der Waals surface area contributed by atoms with Gasteiger partial charge in [-0.2, -0.15) is 26.3 Å². The van der Waals surface area contributed by atoms with Crippen LogP contribution in [0.25, 0.3) is 11.0 Å². The van der Waals surface area contributed by atoms with Gasteiger partial charge in [-0.25, -0.2) is 19.3 Å². The fraction of sp³-hybridized carbons (Fsp3) is 0.222. The first-order valence-corrected chi connectivity index (χ1v) is 12.4. The molecule has 5 rings (SSSR count). The van der Waals surface area contributed by atoms with E-state index in [0.717, 1.165) is 16.7 Å². The van der Waals surface area contributed by atoms with Crippen molar-refractivity contribution in [3.8, 4) is 11.8 Å². The number of benzene rings is 2. The Labute approximate surface area is 233 Å². The lowest BCUT2D eigenvalue weighted by Crippen LogP contribution is -2.09. The van der Waals surface area contributed by atoms with Crippen LogP contribution in [0.1, 0.15) is 23.7 Å². The minimum absolute atomic E-state index is 0.00222. The molecule has 3 heterocycles. The molecule has 0 unspecified atom stereocenters. The summed E-state index contributed by atoms with van der Waals surface area (Å²) >= 11 is 0. The minimum Gasteiger partial charge on any atom is -0.424 e. The van der Waals surface area contributed by atoms with E-state index in [9.17, 15) is 30.7 Å². The average Bonchev–Trinajstić information content (AvgIpc) is 3.47. The normalized spacial score (nSPS) is 12.1. The van der Waals surface area contributed by atoms with Gasteiger partial charge in [0.05, 0.1) is 22.3 Å². The van der Waals surface area contributed by atoms with Gasteiger partial charge in [-0.1, -0.05) is 6.07 Å². The van der Waals surface area contributed by atoms with Crippen molar-refractivity contribution < 1.29 is 35.5 Å². The minimum atomic E-state index is -4.59. The molecule has 5 aromatic rings. The number of imidazole rings is 1. The molecule has 0 bridgehead atoms. The van der Waals surface area contributed by atoms with Gasteiger partial charge in [0.1, 0.15) is 17.3 Å². The molecule has 0 spiro atoms. The summed E-state index contributed by atoms with van der Waals surface area (Å²) in [6, 6.07) is 9.76. The van der Waals surface area contributed by atoms with E-state index < -0.39 is 29.4 Å². The Bertz CT molecular complexity index is 1720. The second kappa shape index (κ2) is 10.9. The van der Waals surface area contributed by atoms with E-state index in [4.69, 9.17) is 4.74 Å². The standard InChI is InChI=1S/C27H22F7N7O/c1-3-41-22-8-17(38-18-9-23(27(32,33)34)40(2)14-18)5-7-21(22)39-24(41)35-11-15-4-6-19(10-20(15)28)42-25-36-12-16(13-37-25)26(29,30)31/h4-10,12-14,38H,3,11H2,1-2H3,(H,35,39). The molecule has 0 saturated heterocycles. The van der Waals surface area contributed by atoms with Gasteiger partial charge in [-0.15, -0.1) is 0 Å². The van der Waals surface area contributed by atoms with E-state index in [-0.39, 0.29) is 29.6 Å². The van der Waals surface area contributed by atoms with Gasteiger partial charge in [0.25, 0.3) is 0 Å². The second-order valence-corrected chi connectivity index (χ2v) is 9.19. The summed E-state index contributed by atoms with van der Waals surface area (Å²) in [5, 5.41) is 6.07. The lowest BCUT2D eigenvalue weighted by molar-refractivity contribution is -0.143. The zero-order valence-electron chi connectivity index (χ0n) is 22.0. The summed E-state index contributed by atoms with van der Waals surface area (Å²) in [4.78, 5) is 11.6. The van der Waals surface area contributed by atoms with Gasteiger partial charge in [-0.05, 0) is 37.3 Å². The number of nitrogens with zero attached hydrogens (tertiary/aromatic N) is 5. The van der Waals surface area contributed by atoms with Gasteiger partial charge in [0.15, 0.2) is 0 Å². The number of fused-ring (bicyclic) bond motifs is 1. The van der Waals surface area contributed by atoms with Crippen LogP contribution in [0.15, 0.2) is 61.1 Å². The van der Waals surface area contributed by atoms with Crippen LogP contribution in [0.2, 0.25) is 0 Å². The zero-order chi connectivity index (χ0) is 30.2. The van der Waals surface area contributed by atoms with Crippen molar-refractivity contribution in [2.24, 2.45) is 7.05 Å². The Kier molecular flexibility index (Phi) is 7.43. The van der Waals surface area contributed by atoms with Gasteiger partial charge < -0.3 is 24.5 Å². The fourth-order valence-electron chi connectivity index (χ4n) is 4.27. The number of hydrogen-bond acceptors (Lipinski definition) is 6. The van der Waals surface area contributed by atoms with Crippen molar-refractivity contribution >= 4 is 28.4 Å². The molecule has 0 amide bonds. The number of anilines is 3. The molecule has 0 radical (unpaired) electrons. The highest BCUT2D eigenvalue weighted by Crippen LogP contribution is 2.33. The maximum Gasteiger partial charge on any atom is 0.431 e. The van der Waals surface area contributed by atoms with E-state index in [1.165, 1.54) is 25.4 Å². The average molecular weight is 594 g/mol. The van der Waals surface area contributed by atoms with Crippen molar-refractivity contribution in [2.75, 3.05) is 10.6 Å². The predicted molar refractivity (Wildman–Crippen MR) is 140 cm³/mol. The van der Waals surface area contributed by atoms with Crippen molar-refractivity contribution in [3.05, 3.63) is 83.7 Å². The molecule has 2 aromatic carbocycles. The van der Waals surface area contributed by atoms with Crippen molar-refractivity contribution in [1.29, 1.82) is 0 Å². The number of rotatable bonds is 8. The molecule has 0 aliphatic heterocycles. The number of aryl methyl sites for hydroxylation is 2. The number of aromatic nitrogens is 5. The van der Waals surface area contributed by atoms with Gasteiger partial charge in [0.2, 0.25) is 5.95 Å². The van der Waals surface area contributed by atoms with E-state index in [1.807, 2.05) is 11.5 Å². The van der Waals surface area contributed by atoms with Crippen LogP contribution in [0.5, 0.6) is 11.8 Å². The van der Waals surface area contributed by atoms with Crippen LogP contribution in [0.4, 0.5) is 48.1 Å². The first kappa shape index (κ1) is 28.7. The van der Waals surface area contributed by atoms with Crippen LogP contribution in [-0.4, -0.2) is 24.1 Å². The van der Waals surface area contributed by atoms with Crippen LogP contribution >= 0.6 is 0 Å². The molecule has 8 nitrogen and oxygen atoms in total.